The third kappa shape index (κ3) is 6.87. The van der Waals surface area contributed by atoms with Crippen LogP contribution in [0.25, 0.3) is 11.2 Å². The third-order valence-electron chi connectivity index (χ3n) is 4.59. The Balaban J connectivity index is 1.65. The first-order valence-corrected chi connectivity index (χ1v) is 12.6. The maximum absolute atomic E-state index is 13.5. The zero-order valence-corrected chi connectivity index (χ0v) is 20.3. The zero-order valence-electron chi connectivity index (χ0n) is 18.7. The molecule has 184 valence electrons. The van der Waals surface area contributed by atoms with Crippen LogP contribution in [0.5, 0.6) is 0 Å². The van der Waals surface area contributed by atoms with Crippen molar-refractivity contribution >= 4 is 42.2 Å². The van der Waals surface area contributed by atoms with Gasteiger partial charge in [-0.2, -0.15) is 4.98 Å². The monoisotopic (exact) mass is 512 g/mol. The minimum Gasteiger partial charge on any atom is -0.465 e. The Hall–Kier alpha value is -2.76. The van der Waals surface area contributed by atoms with E-state index in [0.717, 1.165) is 0 Å². The number of hydrogen-bond donors (Lipinski definition) is 3. The number of aromatic amines is 1. The van der Waals surface area contributed by atoms with Crippen molar-refractivity contribution in [3.63, 3.8) is 0 Å². The fourth-order valence-corrected chi connectivity index (χ4v) is 4.87. The molecule has 2 unspecified atom stereocenters. The number of carbonyl (C=O) groups excluding carboxylic acids is 1. The summed E-state index contributed by atoms with van der Waals surface area (Å²) in [4.78, 5) is 34.4. The molecule has 0 aliphatic rings. The molecule has 14 heteroatoms. The highest BCUT2D eigenvalue weighted by Crippen LogP contribution is 2.44. The van der Waals surface area contributed by atoms with Crippen LogP contribution in [0.2, 0.25) is 5.02 Å². The number of rotatable bonds is 12. The number of esters is 1. The summed E-state index contributed by atoms with van der Waals surface area (Å²) in [6.07, 6.45) is 1.12. The van der Waals surface area contributed by atoms with Crippen molar-refractivity contribution in [2.45, 2.75) is 33.0 Å². The highest BCUT2D eigenvalue weighted by Gasteiger charge is 2.29. The molecule has 0 radical (unpaired) electrons. The summed E-state index contributed by atoms with van der Waals surface area (Å²) in [5.74, 6) is -0.593. The lowest BCUT2D eigenvalue weighted by Gasteiger charge is -2.23. The van der Waals surface area contributed by atoms with Gasteiger partial charge in [0.25, 0.3) is 13.1 Å². The standard InChI is InChI=1S/C20H26ClN6O6P/c1-3-32-19(29)13(2)26-34(30,33-10-14-5-4-6-15(21)9-14)12-31-8-7-27-11-23-16-17(27)24-20(22)25-18(16)28/h4-6,9,11,13H,3,7-8,10,12H2,1-2H3,(H,26,30)(H3,22,24,25,28). The normalized spacial score (nSPS) is 14.1. The summed E-state index contributed by atoms with van der Waals surface area (Å²) in [7, 11) is -3.64. The molecule has 0 saturated carbocycles. The molecule has 12 nitrogen and oxygen atoms in total. The summed E-state index contributed by atoms with van der Waals surface area (Å²) >= 11 is 6.00. The molecule has 2 heterocycles. The summed E-state index contributed by atoms with van der Waals surface area (Å²) in [5.41, 5.74) is 6.31. The van der Waals surface area contributed by atoms with Crippen molar-refractivity contribution < 1.29 is 23.4 Å². The fraction of sp³-hybridized carbons (Fsp3) is 0.400. The van der Waals surface area contributed by atoms with Gasteiger partial charge in [-0.05, 0) is 31.5 Å². The van der Waals surface area contributed by atoms with E-state index in [1.165, 1.54) is 13.3 Å². The van der Waals surface area contributed by atoms with Gasteiger partial charge in [-0.15, -0.1) is 0 Å². The molecule has 0 spiro atoms. The zero-order chi connectivity index (χ0) is 24.7. The number of carbonyl (C=O) groups is 1. The van der Waals surface area contributed by atoms with E-state index in [2.05, 4.69) is 20.0 Å². The smallest absolute Gasteiger partial charge is 0.323 e. The molecule has 2 aromatic heterocycles. The second-order valence-electron chi connectivity index (χ2n) is 7.28. The number of ether oxygens (including phenoxy) is 2. The lowest BCUT2D eigenvalue weighted by molar-refractivity contribution is -0.144. The topological polar surface area (TPSA) is 163 Å². The summed E-state index contributed by atoms with van der Waals surface area (Å²) in [6.45, 7) is 3.74. The Morgan fingerprint density at radius 3 is 2.94 bits per heavy atom. The SMILES string of the molecule is CCOC(=O)C(C)NP(=O)(COCCn1cnc2c(=O)[nH]c(N)nc21)OCc1cccc(Cl)c1. The first-order valence-electron chi connectivity index (χ1n) is 10.4. The molecular weight excluding hydrogens is 487 g/mol. The molecule has 2 atom stereocenters. The molecule has 0 bridgehead atoms. The minimum atomic E-state index is -3.64. The number of nitrogens with two attached hydrogens (primary N) is 1. The van der Waals surface area contributed by atoms with E-state index in [9.17, 15) is 14.2 Å². The van der Waals surface area contributed by atoms with Crippen LogP contribution in [0.15, 0.2) is 35.4 Å². The van der Waals surface area contributed by atoms with E-state index in [1.807, 2.05) is 0 Å². The van der Waals surface area contributed by atoms with Crippen LogP contribution >= 0.6 is 19.1 Å². The molecule has 4 N–H and O–H groups in total. The number of H-pyrrole nitrogens is 1. The Bertz CT molecular complexity index is 1250. The number of fused-ring (bicyclic) bond motifs is 1. The van der Waals surface area contributed by atoms with Crippen LogP contribution in [0.4, 0.5) is 5.95 Å². The predicted octanol–water partition coefficient (Wildman–Crippen LogP) is 2.28. The summed E-state index contributed by atoms with van der Waals surface area (Å²) in [5, 5.41) is 3.22. The second kappa shape index (κ2) is 11.6. The fourth-order valence-electron chi connectivity index (χ4n) is 3.01. The van der Waals surface area contributed by atoms with Crippen LogP contribution < -0.4 is 16.4 Å². The van der Waals surface area contributed by atoms with E-state index in [0.29, 0.717) is 16.2 Å². The van der Waals surface area contributed by atoms with Crippen molar-refractivity contribution in [1.29, 1.82) is 0 Å². The number of nitrogen functional groups attached to an aromatic ring is 1. The quantitative estimate of drug-likeness (QED) is 0.186. The number of aromatic nitrogens is 4. The molecule has 0 aliphatic heterocycles. The molecule has 0 fully saturated rings. The number of imidazole rings is 1. The van der Waals surface area contributed by atoms with Gasteiger partial charge in [0.2, 0.25) is 5.95 Å². The Morgan fingerprint density at radius 1 is 1.41 bits per heavy atom. The van der Waals surface area contributed by atoms with Crippen molar-refractivity contribution in [2.24, 2.45) is 0 Å². The number of benzene rings is 1. The second-order valence-corrected chi connectivity index (χ2v) is 9.84. The molecule has 0 aliphatic carbocycles. The van der Waals surface area contributed by atoms with E-state index in [1.54, 1.807) is 35.8 Å². The van der Waals surface area contributed by atoms with Crippen LogP contribution in [-0.2, 0) is 36.5 Å². The number of nitrogens with zero attached hydrogens (tertiary/aromatic N) is 3. The van der Waals surface area contributed by atoms with Crippen molar-refractivity contribution in [3.8, 4) is 0 Å². The van der Waals surface area contributed by atoms with E-state index < -0.39 is 25.1 Å². The van der Waals surface area contributed by atoms with Crippen LogP contribution in [0.1, 0.15) is 19.4 Å². The molecule has 34 heavy (non-hydrogen) atoms. The summed E-state index contributed by atoms with van der Waals surface area (Å²) < 4.78 is 31.3. The molecule has 1 aromatic carbocycles. The Morgan fingerprint density at radius 2 is 2.21 bits per heavy atom. The van der Waals surface area contributed by atoms with Gasteiger partial charge in [0.1, 0.15) is 12.4 Å². The number of anilines is 1. The highest BCUT2D eigenvalue weighted by molar-refractivity contribution is 7.56. The predicted molar refractivity (Wildman–Crippen MR) is 126 cm³/mol. The number of halogens is 1. The summed E-state index contributed by atoms with van der Waals surface area (Å²) in [6, 6.07) is 6.04. The average molecular weight is 513 g/mol. The highest BCUT2D eigenvalue weighted by atomic mass is 35.5. The minimum absolute atomic E-state index is 0.0120. The van der Waals surface area contributed by atoms with Crippen molar-refractivity contribution in [1.82, 2.24) is 24.6 Å². The van der Waals surface area contributed by atoms with Gasteiger partial charge in [0.15, 0.2) is 11.2 Å². The molecule has 3 rings (SSSR count). The van der Waals surface area contributed by atoms with Crippen molar-refractivity contribution in [3.05, 3.63) is 51.5 Å². The Labute approximate surface area is 200 Å². The van der Waals surface area contributed by atoms with E-state index in [4.69, 9.17) is 31.3 Å². The molecule has 0 amide bonds. The third-order valence-corrected chi connectivity index (χ3v) is 6.67. The molecular formula is C20H26ClN6O6P. The first kappa shape index (κ1) is 25.9. The maximum atomic E-state index is 13.5. The first-order chi connectivity index (χ1) is 16.2. The van der Waals surface area contributed by atoms with Crippen LogP contribution in [-0.4, -0.2) is 51.1 Å². The van der Waals surface area contributed by atoms with Gasteiger partial charge in [-0.3, -0.25) is 19.1 Å². The van der Waals surface area contributed by atoms with Gasteiger partial charge in [-0.1, -0.05) is 23.7 Å². The largest absolute Gasteiger partial charge is 0.465 e. The van der Waals surface area contributed by atoms with E-state index >= 15 is 0 Å². The van der Waals surface area contributed by atoms with Gasteiger partial charge in [0, 0.05) is 11.6 Å². The van der Waals surface area contributed by atoms with Gasteiger partial charge < -0.3 is 24.3 Å². The lowest BCUT2D eigenvalue weighted by atomic mass is 10.2. The Kier molecular flexibility index (Phi) is 8.81. The maximum Gasteiger partial charge on any atom is 0.323 e. The number of hydrogen-bond acceptors (Lipinski definition) is 9. The molecule has 0 saturated heterocycles. The lowest BCUT2D eigenvalue weighted by Crippen LogP contribution is -2.34. The van der Waals surface area contributed by atoms with Crippen molar-refractivity contribution in [2.75, 3.05) is 25.3 Å². The van der Waals surface area contributed by atoms with Crippen LogP contribution in [0, 0.1) is 0 Å². The van der Waals surface area contributed by atoms with Gasteiger partial charge in [0.05, 0.1) is 26.1 Å². The average Bonchev–Trinajstić information content (AvgIpc) is 3.19. The van der Waals surface area contributed by atoms with Crippen LogP contribution in [0.3, 0.4) is 0 Å². The number of nitrogens with one attached hydrogen (secondary N) is 2. The van der Waals surface area contributed by atoms with Gasteiger partial charge >= 0.3 is 5.97 Å². The molecule has 3 aromatic rings. The van der Waals surface area contributed by atoms with Gasteiger partial charge in [-0.25, -0.2) is 10.1 Å². The van der Waals surface area contributed by atoms with E-state index in [-0.39, 0.29) is 44.2 Å².